The van der Waals surface area contributed by atoms with Gasteiger partial charge < -0.3 is 29.0 Å². The third-order valence-corrected chi connectivity index (χ3v) is 5.47. The molecular weight excluding hydrogens is 384 g/mol. The highest BCUT2D eigenvalue weighted by atomic mass is 16.5. The van der Waals surface area contributed by atoms with Crippen molar-refractivity contribution in [2.75, 3.05) is 61.7 Å². The first-order chi connectivity index (χ1) is 14.7. The molecule has 0 saturated carbocycles. The van der Waals surface area contributed by atoms with Crippen LogP contribution in [0.2, 0.25) is 0 Å². The van der Waals surface area contributed by atoms with E-state index < -0.39 is 0 Å². The van der Waals surface area contributed by atoms with E-state index in [1.54, 1.807) is 35.5 Å². The van der Waals surface area contributed by atoms with E-state index in [2.05, 4.69) is 16.3 Å². The van der Waals surface area contributed by atoms with Crippen molar-refractivity contribution in [1.82, 2.24) is 10.2 Å². The molecule has 0 amide bonds. The van der Waals surface area contributed by atoms with Crippen LogP contribution < -0.4 is 29.0 Å². The Morgan fingerprint density at radius 1 is 0.767 bits per heavy atom. The summed E-state index contributed by atoms with van der Waals surface area (Å²) in [5.41, 5.74) is 2.07. The fourth-order valence-corrected chi connectivity index (χ4v) is 4.10. The van der Waals surface area contributed by atoms with Gasteiger partial charge in [-0.25, -0.2) is 0 Å². The first kappa shape index (κ1) is 22.1. The molecule has 3 rings (SSSR count). The fourth-order valence-electron chi connectivity index (χ4n) is 4.10. The van der Waals surface area contributed by atoms with Gasteiger partial charge >= 0.3 is 0 Å². The van der Waals surface area contributed by atoms with Crippen LogP contribution >= 0.6 is 0 Å². The average molecular weight is 417 g/mol. The lowest BCUT2D eigenvalue weighted by Gasteiger charge is -2.33. The van der Waals surface area contributed by atoms with E-state index in [1.807, 2.05) is 24.3 Å². The molecule has 0 aromatic heterocycles. The Hall–Kier alpha value is -2.64. The van der Waals surface area contributed by atoms with Crippen molar-refractivity contribution in [3.63, 3.8) is 0 Å². The summed E-state index contributed by atoms with van der Waals surface area (Å²) < 4.78 is 28.2. The van der Waals surface area contributed by atoms with Crippen molar-refractivity contribution in [3.05, 3.63) is 41.5 Å². The first-order valence-electron chi connectivity index (χ1n) is 10.1. The first-order valence-corrected chi connectivity index (χ1v) is 10.1. The summed E-state index contributed by atoms with van der Waals surface area (Å²) in [6.07, 6.45) is 1.06. The summed E-state index contributed by atoms with van der Waals surface area (Å²) in [4.78, 5) is 2.46. The SMILES string of the molecule is COc1cc(C(c2cccc(OC)c2OC)N2CCCNCC2)cc(OC)c1OC. The molecule has 1 unspecified atom stereocenters. The molecule has 1 N–H and O–H groups in total. The Morgan fingerprint density at radius 3 is 2.03 bits per heavy atom. The van der Waals surface area contributed by atoms with E-state index in [-0.39, 0.29) is 6.04 Å². The smallest absolute Gasteiger partial charge is 0.203 e. The molecule has 7 nitrogen and oxygen atoms in total. The van der Waals surface area contributed by atoms with Crippen molar-refractivity contribution in [3.8, 4) is 28.7 Å². The minimum absolute atomic E-state index is 0.0661. The van der Waals surface area contributed by atoms with Gasteiger partial charge in [-0.2, -0.15) is 0 Å². The van der Waals surface area contributed by atoms with Gasteiger partial charge in [0.15, 0.2) is 23.0 Å². The minimum Gasteiger partial charge on any atom is -0.493 e. The molecular formula is C23H32N2O5. The lowest BCUT2D eigenvalue weighted by molar-refractivity contribution is 0.233. The zero-order valence-electron chi connectivity index (χ0n) is 18.5. The topological polar surface area (TPSA) is 61.4 Å². The van der Waals surface area contributed by atoms with Crippen LogP contribution in [0.5, 0.6) is 28.7 Å². The second-order valence-corrected chi connectivity index (χ2v) is 7.08. The summed E-state index contributed by atoms with van der Waals surface area (Å²) in [5.74, 6) is 3.28. The summed E-state index contributed by atoms with van der Waals surface area (Å²) in [7, 11) is 8.22. The summed E-state index contributed by atoms with van der Waals surface area (Å²) in [6, 6.07) is 9.97. The van der Waals surface area contributed by atoms with Gasteiger partial charge in [0, 0.05) is 25.2 Å². The van der Waals surface area contributed by atoms with Crippen LogP contribution in [0, 0.1) is 0 Å². The molecule has 0 spiro atoms. The van der Waals surface area contributed by atoms with E-state index in [1.165, 1.54) is 0 Å². The second kappa shape index (κ2) is 10.4. The van der Waals surface area contributed by atoms with Crippen LogP contribution in [0.1, 0.15) is 23.6 Å². The predicted molar refractivity (Wildman–Crippen MR) is 117 cm³/mol. The van der Waals surface area contributed by atoms with Crippen molar-refractivity contribution in [1.29, 1.82) is 0 Å². The number of nitrogens with one attached hydrogen (secondary N) is 1. The lowest BCUT2D eigenvalue weighted by Crippen LogP contribution is -2.33. The fraction of sp³-hybridized carbons (Fsp3) is 0.478. The lowest BCUT2D eigenvalue weighted by atomic mass is 9.94. The molecule has 2 aromatic rings. The maximum absolute atomic E-state index is 5.80. The number of hydrogen-bond donors (Lipinski definition) is 1. The van der Waals surface area contributed by atoms with Gasteiger partial charge in [0.05, 0.1) is 41.6 Å². The van der Waals surface area contributed by atoms with E-state index in [0.29, 0.717) is 23.0 Å². The van der Waals surface area contributed by atoms with Gasteiger partial charge in [0.2, 0.25) is 5.75 Å². The molecule has 1 heterocycles. The molecule has 2 aromatic carbocycles. The van der Waals surface area contributed by atoms with Crippen molar-refractivity contribution in [2.45, 2.75) is 12.5 Å². The molecule has 1 aliphatic heterocycles. The third kappa shape index (κ3) is 4.42. The van der Waals surface area contributed by atoms with Crippen molar-refractivity contribution >= 4 is 0 Å². The Labute approximate surface area is 178 Å². The van der Waals surface area contributed by atoms with E-state index in [4.69, 9.17) is 23.7 Å². The van der Waals surface area contributed by atoms with Crippen LogP contribution in [0.4, 0.5) is 0 Å². The highest BCUT2D eigenvalue weighted by Gasteiger charge is 2.29. The number of hydrogen-bond acceptors (Lipinski definition) is 7. The molecule has 1 aliphatic rings. The molecule has 0 radical (unpaired) electrons. The Balaban J connectivity index is 2.21. The minimum atomic E-state index is -0.0661. The highest BCUT2D eigenvalue weighted by molar-refractivity contribution is 5.57. The predicted octanol–water partition coefficient (Wildman–Crippen LogP) is 3.11. The van der Waals surface area contributed by atoms with E-state index in [9.17, 15) is 0 Å². The van der Waals surface area contributed by atoms with E-state index >= 15 is 0 Å². The molecule has 30 heavy (non-hydrogen) atoms. The molecule has 1 fully saturated rings. The van der Waals surface area contributed by atoms with Crippen LogP contribution in [0.3, 0.4) is 0 Å². The number of ether oxygens (including phenoxy) is 5. The number of para-hydroxylation sites is 1. The maximum Gasteiger partial charge on any atom is 0.203 e. The maximum atomic E-state index is 5.80. The summed E-state index contributed by atoms with van der Waals surface area (Å²) in [5, 5.41) is 3.48. The Morgan fingerprint density at radius 2 is 1.43 bits per heavy atom. The zero-order valence-corrected chi connectivity index (χ0v) is 18.5. The molecule has 1 atom stereocenters. The van der Waals surface area contributed by atoms with Gasteiger partial charge in [0.1, 0.15) is 0 Å². The number of nitrogens with zero attached hydrogens (tertiary/aromatic N) is 1. The molecule has 0 aliphatic carbocycles. The van der Waals surface area contributed by atoms with Gasteiger partial charge in [-0.15, -0.1) is 0 Å². The molecule has 164 valence electrons. The average Bonchev–Trinajstić information content (AvgIpc) is 3.07. The van der Waals surface area contributed by atoms with Crippen molar-refractivity contribution in [2.24, 2.45) is 0 Å². The van der Waals surface area contributed by atoms with Crippen LogP contribution in [-0.4, -0.2) is 66.6 Å². The Kier molecular flexibility index (Phi) is 7.65. The quantitative estimate of drug-likeness (QED) is 0.709. The van der Waals surface area contributed by atoms with Gasteiger partial charge in [0.25, 0.3) is 0 Å². The van der Waals surface area contributed by atoms with Crippen LogP contribution in [-0.2, 0) is 0 Å². The van der Waals surface area contributed by atoms with Gasteiger partial charge in [-0.1, -0.05) is 12.1 Å². The molecule has 0 bridgehead atoms. The third-order valence-electron chi connectivity index (χ3n) is 5.47. The zero-order chi connectivity index (χ0) is 21.5. The standard InChI is InChI=1S/C23H32N2O5/c1-26-18-9-6-8-17(22(18)29-4)21(25-12-7-10-24-11-13-25)16-14-19(27-2)23(30-5)20(15-16)28-3/h6,8-9,14-15,21,24H,7,10-13H2,1-5H3. The number of methoxy groups -OCH3 is 5. The summed E-state index contributed by atoms with van der Waals surface area (Å²) >= 11 is 0. The van der Waals surface area contributed by atoms with Gasteiger partial charge in [-0.05, 0) is 36.7 Å². The molecule has 1 saturated heterocycles. The largest absolute Gasteiger partial charge is 0.493 e. The van der Waals surface area contributed by atoms with Crippen molar-refractivity contribution < 1.29 is 23.7 Å². The molecule has 7 heteroatoms. The monoisotopic (exact) mass is 416 g/mol. The van der Waals surface area contributed by atoms with Crippen LogP contribution in [0.25, 0.3) is 0 Å². The van der Waals surface area contributed by atoms with Crippen LogP contribution in [0.15, 0.2) is 30.3 Å². The number of rotatable bonds is 8. The number of benzene rings is 2. The normalized spacial score (nSPS) is 15.8. The van der Waals surface area contributed by atoms with E-state index in [0.717, 1.165) is 49.5 Å². The highest BCUT2D eigenvalue weighted by Crippen LogP contribution is 2.45. The van der Waals surface area contributed by atoms with Gasteiger partial charge in [-0.3, -0.25) is 4.90 Å². The Bertz CT molecular complexity index is 809. The summed E-state index contributed by atoms with van der Waals surface area (Å²) in [6.45, 7) is 3.79. The second-order valence-electron chi connectivity index (χ2n) is 7.08.